The number of nitrogens with one attached hydrogen (secondary N) is 1. The van der Waals surface area contributed by atoms with Gasteiger partial charge in [-0.2, -0.15) is 5.10 Å². The summed E-state index contributed by atoms with van der Waals surface area (Å²) in [7, 11) is 1.61. The van der Waals surface area contributed by atoms with Crippen LogP contribution in [0.25, 0.3) is 5.69 Å². The lowest BCUT2D eigenvalue weighted by molar-refractivity contribution is -0.116. The third kappa shape index (κ3) is 4.57. The number of aromatic nitrogens is 2. The number of carbonyl (C=O) groups is 2. The molecule has 0 saturated heterocycles. The first kappa shape index (κ1) is 18.7. The van der Waals surface area contributed by atoms with Gasteiger partial charge in [-0.1, -0.05) is 12.1 Å². The highest BCUT2D eigenvalue weighted by molar-refractivity contribution is 7.98. The third-order valence-electron chi connectivity index (χ3n) is 3.99. The maximum Gasteiger partial charge on any atom is 0.254 e. The van der Waals surface area contributed by atoms with Crippen LogP contribution in [0.4, 0.5) is 5.69 Å². The molecule has 0 atom stereocenters. The fraction of sp³-hybridized carbons (Fsp3) is 0.150. The third-order valence-corrected chi connectivity index (χ3v) is 4.79. The lowest BCUT2D eigenvalue weighted by Gasteiger charge is -2.17. The minimum absolute atomic E-state index is 0.0253. The molecule has 3 rings (SSSR count). The lowest BCUT2D eigenvalue weighted by atomic mass is 10.2. The number of rotatable bonds is 6. The van der Waals surface area contributed by atoms with Gasteiger partial charge in [-0.05, 0) is 48.7 Å². The SMILES string of the molecule is CSc1ccccc1NC(=O)CN(C)C(=O)c1ccc(-n2cccn2)cc1. The molecule has 0 fully saturated rings. The number of carbonyl (C=O) groups excluding carboxylic acids is 2. The summed E-state index contributed by atoms with van der Waals surface area (Å²) < 4.78 is 1.72. The van der Waals surface area contributed by atoms with Gasteiger partial charge in [-0.25, -0.2) is 4.68 Å². The molecule has 0 aliphatic heterocycles. The Morgan fingerprint density at radius 2 is 1.85 bits per heavy atom. The molecule has 138 valence electrons. The van der Waals surface area contributed by atoms with E-state index in [1.807, 2.05) is 54.9 Å². The van der Waals surface area contributed by atoms with E-state index in [2.05, 4.69) is 10.4 Å². The lowest BCUT2D eigenvalue weighted by Crippen LogP contribution is -2.35. The van der Waals surface area contributed by atoms with Crippen LogP contribution in [0.15, 0.2) is 71.9 Å². The molecule has 0 unspecified atom stereocenters. The Kier molecular flexibility index (Phi) is 5.93. The number of nitrogens with zero attached hydrogens (tertiary/aromatic N) is 3. The second kappa shape index (κ2) is 8.55. The summed E-state index contributed by atoms with van der Waals surface area (Å²) in [5, 5.41) is 7.02. The first-order chi connectivity index (χ1) is 13.1. The zero-order chi connectivity index (χ0) is 19.2. The van der Waals surface area contributed by atoms with E-state index in [-0.39, 0.29) is 18.4 Å². The van der Waals surface area contributed by atoms with Crippen LogP contribution in [0.5, 0.6) is 0 Å². The van der Waals surface area contributed by atoms with Crippen molar-refractivity contribution in [2.75, 3.05) is 25.2 Å². The molecule has 7 heteroatoms. The van der Waals surface area contributed by atoms with E-state index >= 15 is 0 Å². The minimum Gasteiger partial charge on any atom is -0.332 e. The van der Waals surface area contributed by atoms with Gasteiger partial charge in [0.2, 0.25) is 5.91 Å². The van der Waals surface area contributed by atoms with E-state index in [4.69, 9.17) is 0 Å². The molecular weight excluding hydrogens is 360 g/mol. The molecular formula is C20H20N4O2S. The number of hydrogen-bond acceptors (Lipinski definition) is 4. The molecule has 3 aromatic rings. The molecule has 1 aromatic heterocycles. The van der Waals surface area contributed by atoms with Crippen LogP contribution in [0.2, 0.25) is 0 Å². The second-order valence-corrected chi connectivity index (χ2v) is 6.76. The average Bonchev–Trinajstić information content (AvgIpc) is 3.22. The maximum atomic E-state index is 12.6. The number of thioether (sulfide) groups is 1. The first-order valence-electron chi connectivity index (χ1n) is 8.37. The summed E-state index contributed by atoms with van der Waals surface area (Å²) in [6.45, 7) is -0.0253. The van der Waals surface area contributed by atoms with Gasteiger partial charge in [0.25, 0.3) is 5.91 Å². The molecule has 0 saturated carbocycles. The normalized spacial score (nSPS) is 10.4. The molecule has 1 heterocycles. The molecule has 0 aliphatic carbocycles. The van der Waals surface area contributed by atoms with Gasteiger partial charge < -0.3 is 10.2 Å². The van der Waals surface area contributed by atoms with Crippen LogP contribution in [0, 0.1) is 0 Å². The number of amides is 2. The Morgan fingerprint density at radius 3 is 2.52 bits per heavy atom. The molecule has 1 N–H and O–H groups in total. The largest absolute Gasteiger partial charge is 0.332 e. The van der Waals surface area contributed by atoms with Crippen molar-refractivity contribution in [1.82, 2.24) is 14.7 Å². The highest BCUT2D eigenvalue weighted by Gasteiger charge is 2.16. The number of para-hydroxylation sites is 1. The summed E-state index contributed by atoms with van der Waals surface area (Å²) in [5.74, 6) is -0.448. The van der Waals surface area contributed by atoms with E-state index in [9.17, 15) is 9.59 Å². The summed E-state index contributed by atoms with van der Waals surface area (Å²) in [4.78, 5) is 27.3. The van der Waals surface area contributed by atoms with Crippen molar-refractivity contribution in [3.63, 3.8) is 0 Å². The van der Waals surface area contributed by atoms with E-state index in [0.29, 0.717) is 5.56 Å². The van der Waals surface area contributed by atoms with Crippen LogP contribution in [0.1, 0.15) is 10.4 Å². The van der Waals surface area contributed by atoms with Crippen LogP contribution in [0.3, 0.4) is 0 Å². The van der Waals surface area contributed by atoms with Gasteiger partial charge in [0, 0.05) is 29.9 Å². The zero-order valence-electron chi connectivity index (χ0n) is 15.1. The van der Waals surface area contributed by atoms with Crippen LogP contribution in [-0.2, 0) is 4.79 Å². The predicted octanol–water partition coefficient (Wildman–Crippen LogP) is 3.30. The van der Waals surface area contributed by atoms with Crippen molar-refractivity contribution in [1.29, 1.82) is 0 Å². The second-order valence-electron chi connectivity index (χ2n) is 5.91. The minimum atomic E-state index is -0.236. The summed E-state index contributed by atoms with van der Waals surface area (Å²) >= 11 is 1.56. The number of anilines is 1. The van der Waals surface area contributed by atoms with Crippen molar-refractivity contribution in [2.24, 2.45) is 0 Å². The number of benzene rings is 2. The standard InChI is InChI=1S/C20H20N4O2S/c1-23(14-19(25)22-17-6-3-4-7-18(17)27-2)20(26)15-8-10-16(11-9-15)24-13-5-12-21-24/h3-13H,14H2,1-2H3,(H,22,25). The molecule has 0 bridgehead atoms. The Morgan fingerprint density at radius 1 is 1.11 bits per heavy atom. The molecule has 0 aliphatic rings. The van der Waals surface area contributed by atoms with Crippen molar-refractivity contribution in [3.05, 3.63) is 72.6 Å². The maximum absolute atomic E-state index is 12.6. The van der Waals surface area contributed by atoms with Gasteiger partial charge >= 0.3 is 0 Å². The van der Waals surface area contributed by atoms with Crippen LogP contribution >= 0.6 is 11.8 Å². The van der Waals surface area contributed by atoms with Crippen molar-refractivity contribution < 1.29 is 9.59 Å². The van der Waals surface area contributed by atoms with E-state index < -0.39 is 0 Å². The Hall–Kier alpha value is -3.06. The van der Waals surface area contributed by atoms with Gasteiger partial charge in [-0.3, -0.25) is 9.59 Å². The molecule has 6 nitrogen and oxygen atoms in total. The highest BCUT2D eigenvalue weighted by atomic mass is 32.2. The van der Waals surface area contributed by atoms with Crippen molar-refractivity contribution in [2.45, 2.75) is 4.90 Å². The van der Waals surface area contributed by atoms with Gasteiger partial charge in [-0.15, -0.1) is 11.8 Å². The molecule has 27 heavy (non-hydrogen) atoms. The molecule has 2 aromatic carbocycles. The molecule has 0 radical (unpaired) electrons. The van der Waals surface area contributed by atoms with Crippen LogP contribution in [-0.4, -0.2) is 46.3 Å². The Balaban J connectivity index is 1.62. The van der Waals surface area contributed by atoms with E-state index in [0.717, 1.165) is 16.3 Å². The van der Waals surface area contributed by atoms with Crippen molar-refractivity contribution in [3.8, 4) is 5.69 Å². The highest BCUT2D eigenvalue weighted by Crippen LogP contribution is 2.24. The summed E-state index contributed by atoms with van der Waals surface area (Å²) in [5.41, 5.74) is 2.13. The zero-order valence-corrected chi connectivity index (χ0v) is 15.9. The fourth-order valence-electron chi connectivity index (χ4n) is 2.62. The number of likely N-dealkylation sites (N-methyl/N-ethyl adjacent to an activating group) is 1. The first-order valence-corrected chi connectivity index (χ1v) is 9.59. The Labute approximate surface area is 162 Å². The number of hydrogen-bond donors (Lipinski definition) is 1. The van der Waals surface area contributed by atoms with Gasteiger partial charge in [0.1, 0.15) is 0 Å². The summed E-state index contributed by atoms with van der Waals surface area (Å²) in [6, 6.07) is 16.5. The fourth-order valence-corrected chi connectivity index (χ4v) is 3.18. The van der Waals surface area contributed by atoms with E-state index in [1.54, 1.807) is 41.8 Å². The molecule has 2 amide bonds. The smallest absolute Gasteiger partial charge is 0.254 e. The van der Waals surface area contributed by atoms with Crippen molar-refractivity contribution >= 4 is 29.3 Å². The average molecular weight is 380 g/mol. The Bertz CT molecular complexity index is 923. The van der Waals surface area contributed by atoms with Crippen LogP contribution < -0.4 is 5.32 Å². The summed E-state index contributed by atoms with van der Waals surface area (Å²) in [6.07, 6.45) is 5.48. The van der Waals surface area contributed by atoms with Gasteiger partial charge in [0.05, 0.1) is 17.9 Å². The van der Waals surface area contributed by atoms with Gasteiger partial charge in [0.15, 0.2) is 0 Å². The topological polar surface area (TPSA) is 67.2 Å². The quantitative estimate of drug-likeness (QED) is 0.666. The molecule has 0 spiro atoms. The predicted molar refractivity (Wildman–Crippen MR) is 107 cm³/mol. The van der Waals surface area contributed by atoms with E-state index in [1.165, 1.54) is 4.90 Å². The monoisotopic (exact) mass is 380 g/mol.